The second kappa shape index (κ2) is 7.75. The van der Waals surface area contributed by atoms with Crippen LogP contribution in [0.5, 0.6) is 5.75 Å². The van der Waals surface area contributed by atoms with E-state index in [4.69, 9.17) is 9.47 Å². The predicted octanol–water partition coefficient (Wildman–Crippen LogP) is 1.61. The summed E-state index contributed by atoms with van der Waals surface area (Å²) in [5, 5.41) is 2.58. The van der Waals surface area contributed by atoms with Crippen LogP contribution in [0.4, 0.5) is 5.69 Å². The lowest BCUT2D eigenvalue weighted by Gasteiger charge is -2.35. The number of ketones is 1. The summed E-state index contributed by atoms with van der Waals surface area (Å²) < 4.78 is 10.6. The summed E-state index contributed by atoms with van der Waals surface area (Å²) in [6.07, 6.45) is -0.718. The van der Waals surface area contributed by atoms with Crippen LogP contribution in [0.25, 0.3) is 0 Å². The van der Waals surface area contributed by atoms with Crippen molar-refractivity contribution in [3.8, 4) is 5.75 Å². The summed E-state index contributed by atoms with van der Waals surface area (Å²) in [7, 11) is 2.85. The lowest BCUT2D eigenvalue weighted by molar-refractivity contribution is -0.127. The second-order valence-corrected chi connectivity index (χ2v) is 6.61. The zero-order valence-corrected chi connectivity index (χ0v) is 16.3. The number of H-pyrrole nitrogens is 1. The van der Waals surface area contributed by atoms with Gasteiger partial charge in [0.2, 0.25) is 0 Å². The number of aryl methyl sites for hydroxylation is 1. The number of hydrogen-bond acceptors (Lipinski definition) is 6. The molecule has 8 heteroatoms. The lowest BCUT2D eigenvalue weighted by Crippen LogP contribution is -2.49. The summed E-state index contributed by atoms with van der Waals surface area (Å²) in [6.45, 7) is 3.71. The Morgan fingerprint density at radius 3 is 2.68 bits per heavy atom. The molecule has 0 unspecified atom stereocenters. The molecule has 3 rings (SSSR count). The van der Waals surface area contributed by atoms with Crippen molar-refractivity contribution in [1.82, 2.24) is 10.3 Å². The fourth-order valence-electron chi connectivity index (χ4n) is 3.44. The molecule has 28 heavy (non-hydrogen) atoms. The van der Waals surface area contributed by atoms with Crippen molar-refractivity contribution in [2.24, 2.45) is 0 Å². The monoisotopic (exact) mass is 385 g/mol. The zero-order valence-electron chi connectivity index (χ0n) is 16.3. The van der Waals surface area contributed by atoms with E-state index in [2.05, 4.69) is 10.3 Å². The predicted molar refractivity (Wildman–Crippen MR) is 103 cm³/mol. The summed E-state index contributed by atoms with van der Waals surface area (Å²) in [6, 6.07) is 7.27. The Balaban J connectivity index is 1.89. The highest BCUT2D eigenvalue weighted by Gasteiger charge is 2.32. The number of rotatable bonds is 5. The van der Waals surface area contributed by atoms with Gasteiger partial charge in [-0.15, -0.1) is 0 Å². The maximum Gasteiger partial charge on any atom is 0.339 e. The molecule has 0 fully saturated rings. The molecule has 148 valence electrons. The number of esters is 1. The molecule has 0 aliphatic carbocycles. The Hall–Kier alpha value is -3.29. The lowest BCUT2D eigenvalue weighted by atomic mass is 10.1. The molecular weight excluding hydrogens is 362 g/mol. The van der Waals surface area contributed by atoms with Crippen LogP contribution in [-0.2, 0) is 9.53 Å². The Morgan fingerprint density at radius 1 is 1.29 bits per heavy atom. The first kappa shape index (κ1) is 19.5. The molecule has 1 aliphatic rings. The van der Waals surface area contributed by atoms with Gasteiger partial charge in [0.1, 0.15) is 5.75 Å². The van der Waals surface area contributed by atoms with Crippen LogP contribution < -0.4 is 15.0 Å². The SMILES string of the molecule is CNC(=O)[C@@H]1CN(CC(=O)c2[nH]c(C)c(C(=O)OC)c2C)c2ccccc2O1. The number of hydrogen-bond donors (Lipinski definition) is 2. The van der Waals surface area contributed by atoms with Crippen LogP contribution in [0.3, 0.4) is 0 Å². The number of carbonyl (C=O) groups is 3. The Morgan fingerprint density at radius 2 is 2.00 bits per heavy atom. The minimum Gasteiger partial charge on any atom is -0.477 e. The fourth-order valence-corrected chi connectivity index (χ4v) is 3.44. The van der Waals surface area contributed by atoms with Gasteiger partial charge in [-0.25, -0.2) is 4.79 Å². The zero-order chi connectivity index (χ0) is 20.4. The van der Waals surface area contributed by atoms with Gasteiger partial charge in [0.25, 0.3) is 5.91 Å². The highest BCUT2D eigenvalue weighted by molar-refractivity contribution is 6.03. The molecule has 2 aromatic rings. The van der Waals surface area contributed by atoms with Crippen LogP contribution in [0.1, 0.15) is 32.1 Å². The van der Waals surface area contributed by atoms with Gasteiger partial charge >= 0.3 is 5.97 Å². The topological polar surface area (TPSA) is 101 Å². The van der Waals surface area contributed by atoms with E-state index >= 15 is 0 Å². The molecule has 1 aromatic heterocycles. The van der Waals surface area contributed by atoms with E-state index in [0.29, 0.717) is 28.3 Å². The van der Waals surface area contributed by atoms with E-state index in [-0.39, 0.29) is 24.8 Å². The maximum absolute atomic E-state index is 13.0. The number of carbonyl (C=O) groups excluding carboxylic acids is 3. The third-order valence-corrected chi connectivity index (χ3v) is 4.84. The number of nitrogens with one attached hydrogen (secondary N) is 2. The van der Waals surface area contributed by atoms with Crippen molar-refractivity contribution < 1.29 is 23.9 Å². The van der Waals surface area contributed by atoms with E-state index < -0.39 is 12.1 Å². The second-order valence-electron chi connectivity index (χ2n) is 6.61. The average Bonchev–Trinajstić information content (AvgIpc) is 3.00. The van der Waals surface area contributed by atoms with Crippen molar-refractivity contribution in [3.05, 3.63) is 46.8 Å². The van der Waals surface area contributed by atoms with E-state index in [0.717, 1.165) is 5.69 Å². The molecule has 1 aliphatic heterocycles. The molecule has 0 saturated carbocycles. The van der Waals surface area contributed by atoms with Crippen molar-refractivity contribution in [2.45, 2.75) is 20.0 Å². The van der Waals surface area contributed by atoms with Gasteiger partial charge in [0.15, 0.2) is 11.9 Å². The van der Waals surface area contributed by atoms with E-state index in [9.17, 15) is 14.4 Å². The normalized spacial score (nSPS) is 15.4. The molecule has 0 spiro atoms. The van der Waals surface area contributed by atoms with Crippen LogP contribution in [0, 0.1) is 13.8 Å². The molecular formula is C20H23N3O5. The van der Waals surface area contributed by atoms with Crippen molar-refractivity contribution >= 4 is 23.3 Å². The number of amides is 1. The quantitative estimate of drug-likeness (QED) is 0.599. The number of aromatic amines is 1. The molecule has 2 heterocycles. The highest BCUT2D eigenvalue weighted by atomic mass is 16.5. The molecule has 2 N–H and O–H groups in total. The van der Waals surface area contributed by atoms with Crippen LogP contribution >= 0.6 is 0 Å². The molecule has 0 radical (unpaired) electrons. The molecule has 8 nitrogen and oxygen atoms in total. The smallest absolute Gasteiger partial charge is 0.339 e. The summed E-state index contributed by atoms with van der Waals surface area (Å²) in [4.78, 5) is 41.9. The third-order valence-electron chi connectivity index (χ3n) is 4.84. The maximum atomic E-state index is 13.0. The third kappa shape index (κ3) is 3.45. The number of nitrogens with zero attached hydrogens (tertiary/aromatic N) is 1. The number of anilines is 1. The average molecular weight is 385 g/mol. The molecule has 0 bridgehead atoms. The van der Waals surface area contributed by atoms with Gasteiger partial charge in [0, 0.05) is 12.7 Å². The van der Waals surface area contributed by atoms with Gasteiger partial charge in [-0.05, 0) is 31.5 Å². The summed E-state index contributed by atoms with van der Waals surface area (Å²) >= 11 is 0. The van der Waals surface area contributed by atoms with Crippen molar-refractivity contribution in [3.63, 3.8) is 0 Å². The Labute approximate surface area is 162 Å². The van der Waals surface area contributed by atoms with Gasteiger partial charge in [-0.1, -0.05) is 12.1 Å². The number of ether oxygens (including phenoxy) is 2. The van der Waals surface area contributed by atoms with E-state index in [1.807, 2.05) is 23.1 Å². The number of fused-ring (bicyclic) bond motifs is 1. The number of para-hydroxylation sites is 2. The largest absolute Gasteiger partial charge is 0.477 e. The fraction of sp³-hybridized carbons (Fsp3) is 0.350. The highest BCUT2D eigenvalue weighted by Crippen LogP contribution is 2.33. The molecule has 0 saturated heterocycles. The van der Waals surface area contributed by atoms with Crippen molar-refractivity contribution in [2.75, 3.05) is 32.1 Å². The number of aromatic nitrogens is 1. The standard InChI is InChI=1S/C20H23N3O5/c1-11-17(20(26)27-4)12(2)22-18(11)14(24)9-23-10-16(19(25)21-3)28-15-8-6-5-7-13(15)23/h5-8,16,22H,9-10H2,1-4H3,(H,21,25)/t16-/m0/s1. The number of likely N-dealkylation sites (N-methyl/N-ethyl adjacent to an activating group) is 1. The molecule has 1 aromatic carbocycles. The minimum atomic E-state index is -0.718. The summed E-state index contributed by atoms with van der Waals surface area (Å²) in [5.41, 5.74) is 2.61. The minimum absolute atomic E-state index is 0.0370. The summed E-state index contributed by atoms with van der Waals surface area (Å²) in [5.74, 6) is -0.388. The number of benzene rings is 1. The first-order chi connectivity index (χ1) is 13.4. The number of Topliss-reactive ketones (excluding diaryl/α,β-unsaturated/α-hetero) is 1. The van der Waals surface area contributed by atoms with Crippen LogP contribution in [-0.4, -0.2) is 56.0 Å². The van der Waals surface area contributed by atoms with Gasteiger partial charge in [-0.3, -0.25) is 9.59 Å². The van der Waals surface area contributed by atoms with Crippen LogP contribution in [0.2, 0.25) is 0 Å². The molecule has 1 amide bonds. The van der Waals surface area contributed by atoms with Gasteiger partial charge in [0.05, 0.1) is 37.1 Å². The van der Waals surface area contributed by atoms with Crippen LogP contribution in [0.15, 0.2) is 24.3 Å². The van der Waals surface area contributed by atoms with Gasteiger partial charge < -0.3 is 24.7 Å². The number of methoxy groups -OCH3 is 1. The first-order valence-electron chi connectivity index (χ1n) is 8.90. The Kier molecular flexibility index (Phi) is 5.39. The van der Waals surface area contributed by atoms with E-state index in [1.54, 1.807) is 27.0 Å². The Bertz CT molecular complexity index is 934. The van der Waals surface area contributed by atoms with Crippen molar-refractivity contribution in [1.29, 1.82) is 0 Å². The molecule has 1 atom stereocenters. The first-order valence-corrected chi connectivity index (χ1v) is 8.90. The van der Waals surface area contributed by atoms with E-state index in [1.165, 1.54) is 7.11 Å². The van der Waals surface area contributed by atoms with Gasteiger partial charge in [-0.2, -0.15) is 0 Å².